The summed E-state index contributed by atoms with van der Waals surface area (Å²) in [5.74, 6) is -0.174. The van der Waals surface area contributed by atoms with Crippen molar-refractivity contribution in [3.63, 3.8) is 0 Å². The van der Waals surface area contributed by atoms with Crippen molar-refractivity contribution >= 4 is 5.91 Å². The molecule has 0 saturated heterocycles. The summed E-state index contributed by atoms with van der Waals surface area (Å²) in [6.45, 7) is 2.43. The van der Waals surface area contributed by atoms with Crippen molar-refractivity contribution < 1.29 is 4.79 Å². The van der Waals surface area contributed by atoms with Crippen LogP contribution < -0.4 is 11.1 Å². The van der Waals surface area contributed by atoms with Crippen molar-refractivity contribution in [2.45, 2.75) is 31.2 Å². The Kier molecular flexibility index (Phi) is 2.97. The first-order valence-electron chi connectivity index (χ1n) is 5.72. The number of nitrogens with two attached hydrogens (primary N) is 1. The van der Waals surface area contributed by atoms with E-state index in [9.17, 15) is 4.79 Å². The van der Waals surface area contributed by atoms with Gasteiger partial charge in [0.2, 0.25) is 5.91 Å². The molecular formula is C13H18N2O. The Labute approximate surface area is 96.0 Å². The van der Waals surface area contributed by atoms with Crippen LogP contribution >= 0.6 is 0 Å². The van der Waals surface area contributed by atoms with Crippen LogP contribution in [0.15, 0.2) is 30.3 Å². The lowest BCUT2D eigenvalue weighted by atomic mass is 9.98. The topological polar surface area (TPSA) is 55.1 Å². The molecule has 3 heteroatoms. The van der Waals surface area contributed by atoms with Gasteiger partial charge in [0.25, 0.3) is 0 Å². The predicted molar refractivity (Wildman–Crippen MR) is 64.0 cm³/mol. The van der Waals surface area contributed by atoms with Crippen LogP contribution in [0.4, 0.5) is 0 Å². The van der Waals surface area contributed by atoms with Gasteiger partial charge in [-0.3, -0.25) is 4.79 Å². The Balaban J connectivity index is 2.07. The van der Waals surface area contributed by atoms with E-state index in [1.54, 1.807) is 0 Å². The van der Waals surface area contributed by atoms with Crippen LogP contribution in [0.2, 0.25) is 0 Å². The molecule has 1 fully saturated rings. The number of nitrogens with one attached hydrogen (secondary N) is 1. The summed E-state index contributed by atoms with van der Waals surface area (Å²) in [7, 11) is 0. The minimum atomic E-state index is -0.223. The van der Waals surface area contributed by atoms with Gasteiger partial charge in [0.1, 0.15) is 0 Å². The Bertz CT molecular complexity index is 371. The van der Waals surface area contributed by atoms with Gasteiger partial charge in [-0.25, -0.2) is 0 Å². The van der Waals surface area contributed by atoms with Crippen molar-refractivity contribution in [1.29, 1.82) is 0 Å². The molecule has 0 bridgehead atoms. The fourth-order valence-electron chi connectivity index (χ4n) is 1.78. The second kappa shape index (κ2) is 4.26. The van der Waals surface area contributed by atoms with Gasteiger partial charge in [0.15, 0.2) is 0 Å². The molecule has 16 heavy (non-hydrogen) atoms. The molecular weight excluding hydrogens is 200 g/mol. The maximum atomic E-state index is 12.0. The predicted octanol–water partition coefficient (Wildman–Crippen LogP) is 1.40. The molecule has 3 N–H and O–H groups in total. The van der Waals surface area contributed by atoms with Crippen LogP contribution in [0, 0.1) is 0 Å². The normalized spacial score (nSPS) is 18.9. The quantitative estimate of drug-likeness (QED) is 0.802. The van der Waals surface area contributed by atoms with E-state index in [1.165, 1.54) is 0 Å². The minimum absolute atomic E-state index is 0.0271. The Morgan fingerprint density at radius 1 is 1.44 bits per heavy atom. The lowest BCUT2D eigenvalue weighted by Crippen LogP contribution is -2.40. The van der Waals surface area contributed by atoms with Crippen molar-refractivity contribution in [1.82, 2.24) is 5.32 Å². The van der Waals surface area contributed by atoms with Crippen molar-refractivity contribution in [3.05, 3.63) is 35.9 Å². The number of benzene rings is 1. The molecule has 0 aromatic heterocycles. The average molecular weight is 218 g/mol. The zero-order chi connectivity index (χ0) is 11.6. The summed E-state index contributed by atoms with van der Waals surface area (Å²) < 4.78 is 0. The second-order valence-corrected chi connectivity index (χ2v) is 4.75. The summed E-state index contributed by atoms with van der Waals surface area (Å²) in [4.78, 5) is 12.0. The van der Waals surface area contributed by atoms with Crippen molar-refractivity contribution in [3.8, 4) is 0 Å². The van der Waals surface area contributed by atoms with Crippen molar-refractivity contribution in [2.24, 2.45) is 5.73 Å². The fourth-order valence-corrected chi connectivity index (χ4v) is 1.78. The molecule has 0 heterocycles. The highest BCUT2D eigenvalue weighted by molar-refractivity contribution is 5.84. The number of hydrogen-bond acceptors (Lipinski definition) is 2. The molecule has 1 atom stereocenters. The average Bonchev–Trinajstić information content (AvgIpc) is 2.98. The van der Waals surface area contributed by atoms with Crippen LogP contribution in [0.1, 0.15) is 31.2 Å². The van der Waals surface area contributed by atoms with Crippen LogP contribution in [0.25, 0.3) is 0 Å². The zero-order valence-corrected chi connectivity index (χ0v) is 9.57. The Morgan fingerprint density at radius 3 is 2.56 bits per heavy atom. The molecule has 86 valence electrons. The third-order valence-electron chi connectivity index (χ3n) is 3.18. The number of carbonyl (C=O) groups is 1. The van der Waals surface area contributed by atoms with Crippen LogP contribution in [0.3, 0.4) is 0 Å². The van der Waals surface area contributed by atoms with E-state index in [4.69, 9.17) is 5.73 Å². The molecule has 1 aliphatic carbocycles. The van der Waals surface area contributed by atoms with E-state index in [0.717, 1.165) is 18.4 Å². The Hall–Kier alpha value is -1.35. The number of hydrogen-bond donors (Lipinski definition) is 2. The maximum Gasteiger partial charge on any atom is 0.229 e. The zero-order valence-electron chi connectivity index (χ0n) is 9.57. The molecule has 0 radical (unpaired) electrons. The standard InChI is InChI=1S/C13H18N2O/c1-13(7-8-13)15-12(16)11(9-14)10-5-3-2-4-6-10/h2-6,11H,7-9,14H2,1H3,(H,15,16). The molecule has 3 nitrogen and oxygen atoms in total. The molecule has 1 aromatic carbocycles. The third-order valence-corrected chi connectivity index (χ3v) is 3.18. The van der Waals surface area contributed by atoms with E-state index >= 15 is 0 Å². The minimum Gasteiger partial charge on any atom is -0.350 e. The molecule has 1 unspecified atom stereocenters. The van der Waals surface area contributed by atoms with Crippen molar-refractivity contribution in [2.75, 3.05) is 6.54 Å². The molecule has 0 spiro atoms. The van der Waals surface area contributed by atoms with E-state index in [-0.39, 0.29) is 17.4 Å². The smallest absolute Gasteiger partial charge is 0.229 e. The monoisotopic (exact) mass is 218 g/mol. The van der Waals surface area contributed by atoms with Gasteiger partial charge in [-0.1, -0.05) is 30.3 Å². The summed E-state index contributed by atoms with van der Waals surface area (Å²) >= 11 is 0. The summed E-state index contributed by atoms with van der Waals surface area (Å²) in [5, 5.41) is 3.06. The lowest BCUT2D eigenvalue weighted by Gasteiger charge is -2.18. The maximum absolute atomic E-state index is 12.0. The molecule has 1 aromatic rings. The lowest BCUT2D eigenvalue weighted by molar-refractivity contribution is -0.123. The van der Waals surface area contributed by atoms with E-state index < -0.39 is 0 Å². The Morgan fingerprint density at radius 2 is 2.06 bits per heavy atom. The van der Waals surface area contributed by atoms with Gasteiger partial charge in [0, 0.05) is 12.1 Å². The summed E-state index contributed by atoms with van der Waals surface area (Å²) in [5.41, 5.74) is 6.70. The third kappa shape index (κ3) is 2.42. The van der Waals surface area contributed by atoms with Gasteiger partial charge in [-0.05, 0) is 25.3 Å². The second-order valence-electron chi connectivity index (χ2n) is 4.75. The number of rotatable bonds is 4. The van der Waals surface area contributed by atoms with Crippen LogP contribution in [-0.4, -0.2) is 18.0 Å². The number of amides is 1. The van der Waals surface area contributed by atoms with E-state index in [2.05, 4.69) is 12.2 Å². The van der Waals surface area contributed by atoms with Gasteiger partial charge in [-0.15, -0.1) is 0 Å². The van der Waals surface area contributed by atoms with E-state index in [0.29, 0.717) is 6.54 Å². The first kappa shape index (κ1) is 11.1. The first-order valence-corrected chi connectivity index (χ1v) is 5.72. The molecule has 0 aliphatic heterocycles. The largest absolute Gasteiger partial charge is 0.350 e. The van der Waals surface area contributed by atoms with Gasteiger partial charge in [0.05, 0.1) is 5.92 Å². The van der Waals surface area contributed by atoms with Crippen LogP contribution in [-0.2, 0) is 4.79 Å². The molecule has 2 rings (SSSR count). The van der Waals surface area contributed by atoms with Crippen LogP contribution in [0.5, 0.6) is 0 Å². The van der Waals surface area contributed by atoms with Gasteiger partial charge in [-0.2, -0.15) is 0 Å². The molecule has 1 saturated carbocycles. The summed E-state index contributed by atoms with van der Waals surface area (Å²) in [6.07, 6.45) is 2.15. The number of carbonyl (C=O) groups excluding carboxylic acids is 1. The molecule has 1 amide bonds. The SMILES string of the molecule is CC1(NC(=O)C(CN)c2ccccc2)CC1. The van der Waals surface area contributed by atoms with Gasteiger partial charge < -0.3 is 11.1 Å². The molecule has 1 aliphatic rings. The highest BCUT2D eigenvalue weighted by Crippen LogP contribution is 2.35. The highest BCUT2D eigenvalue weighted by Gasteiger charge is 2.39. The summed E-state index contributed by atoms with van der Waals surface area (Å²) in [6, 6.07) is 9.71. The first-order chi connectivity index (χ1) is 7.64. The highest BCUT2D eigenvalue weighted by atomic mass is 16.2. The fraction of sp³-hybridized carbons (Fsp3) is 0.462. The van der Waals surface area contributed by atoms with E-state index in [1.807, 2.05) is 30.3 Å². The van der Waals surface area contributed by atoms with Gasteiger partial charge >= 0.3 is 0 Å².